The maximum atomic E-state index is 12.1. The van der Waals surface area contributed by atoms with Gasteiger partial charge in [0.1, 0.15) is 11.2 Å². The number of hydrogen-bond acceptors (Lipinski definition) is 4. The van der Waals surface area contributed by atoms with Crippen LogP contribution in [0.5, 0.6) is 0 Å². The summed E-state index contributed by atoms with van der Waals surface area (Å²) in [6.45, 7) is 0. The van der Waals surface area contributed by atoms with Crippen molar-refractivity contribution < 1.29 is 9.53 Å². The summed E-state index contributed by atoms with van der Waals surface area (Å²) in [4.78, 5) is 16.9. The van der Waals surface area contributed by atoms with Gasteiger partial charge in [-0.25, -0.2) is 9.78 Å². The Bertz CT molecular complexity index is 1450. The highest BCUT2D eigenvalue weighted by molar-refractivity contribution is 5.66. The van der Waals surface area contributed by atoms with E-state index in [0.29, 0.717) is 11.7 Å². The molecule has 0 radical (unpaired) electrons. The normalized spacial score (nSPS) is 13.9. The fourth-order valence-corrected chi connectivity index (χ4v) is 5.35. The van der Waals surface area contributed by atoms with Crippen LogP contribution in [-0.2, 0) is 10.3 Å². The molecule has 1 aliphatic rings. The number of primary amides is 1. The first-order chi connectivity index (χ1) is 19.2. The Morgan fingerprint density at radius 1 is 0.821 bits per heavy atom. The number of ether oxygens (including phenoxy) is 1. The molecule has 0 spiro atoms. The number of nitrogens with one attached hydrogen (secondary N) is 1. The molecule has 39 heavy (non-hydrogen) atoms. The standard InChI is InChI=1S/C33H30N4O2/c34-32(38)39-31(28-18-10-11-19-29(28)36-27-20-21-27)30-22-37(23-35-30)33(24-12-4-1-5-13-24,25-14-6-2-7-15-25)26-16-8-3-9-17-26/h1-19,22-23,27,31,36H,20-21H2,(H2,34,38). The number of para-hydroxylation sites is 1. The van der Waals surface area contributed by atoms with Crippen molar-refractivity contribution in [1.29, 1.82) is 0 Å². The summed E-state index contributed by atoms with van der Waals surface area (Å²) < 4.78 is 7.84. The van der Waals surface area contributed by atoms with Gasteiger partial charge in [-0.1, -0.05) is 109 Å². The Kier molecular flexibility index (Phi) is 6.59. The summed E-state index contributed by atoms with van der Waals surface area (Å²) in [7, 11) is 0. The molecule has 5 aromatic rings. The summed E-state index contributed by atoms with van der Waals surface area (Å²) in [5.74, 6) is 0. The first kappa shape index (κ1) is 24.5. The third-order valence-corrected chi connectivity index (χ3v) is 7.25. The number of carbonyl (C=O) groups excluding carboxylic acids is 1. The largest absolute Gasteiger partial charge is 0.435 e. The molecule has 1 amide bonds. The molecular formula is C33H30N4O2. The Balaban J connectivity index is 1.55. The zero-order valence-electron chi connectivity index (χ0n) is 21.5. The van der Waals surface area contributed by atoms with Gasteiger partial charge >= 0.3 is 6.09 Å². The van der Waals surface area contributed by atoms with Crippen LogP contribution in [0, 0.1) is 0 Å². The molecule has 1 saturated carbocycles. The highest BCUT2D eigenvalue weighted by Crippen LogP contribution is 2.42. The molecule has 1 fully saturated rings. The van der Waals surface area contributed by atoms with Gasteiger partial charge in [0.2, 0.25) is 0 Å². The second kappa shape index (κ2) is 10.5. The van der Waals surface area contributed by atoms with Crippen molar-refractivity contribution >= 4 is 11.8 Å². The summed E-state index contributed by atoms with van der Waals surface area (Å²) >= 11 is 0. The molecule has 6 nitrogen and oxygen atoms in total. The second-order valence-corrected chi connectivity index (χ2v) is 9.84. The number of nitrogens with zero attached hydrogens (tertiary/aromatic N) is 2. The minimum Gasteiger partial charge on any atom is -0.435 e. The smallest absolute Gasteiger partial charge is 0.405 e. The summed E-state index contributed by atoms with van der Waals surface area (Å²) in [6.07, 6.45) is 4.41. The Morgan fingerprint density at radius 3 is 1.85 bits per heavy atom. The van der Waals surface area contributed by atoms with E-state index in [1.165, 1.54) is 0 Å². The van der Waals surface area contributed by atoms with Crippen molar-refractivity contribution in [3.63, 3.8) is 0 Å². The number of anilines is 1. The van der Waals surface area contributed by atoms with E-state index in [0.717, 1.165) is 40.8 Å². The van der Waals surface area contributed by atoms with Gasteiger partial charge in [0.15, 0.2) is 6.10 Å². The lowest BCUT2D eigenvalue weighted by Crippen LogP contribution is -2.37. The van der Waals surface area contributed by atoms with Crippen molar-refractivity contribution in [3.05, 3.63) is 156 Å². The van der Waals surface area contributed by atoms with Gasteiger partial charge in [-0.3, -0.25) is 0 Å². The molecule has 6 rings (SSSR count). The van der Waals surface area contributed by atoms with Crippen LogP contribution in [0.3, 0.4) is 0 Å². The highest BCUT2D eigenvalue weighted by Gasteiger charge is 2.39. The first-order valence-corrected chi connectivity index (χ1v) is 13.2. The molecule has 194 valence electrons. The van der Waals surface area contributed by atoms with Crippen LogP contribution in [0.2, 0.25) is 0 Å². The molecule has 4 aromatic carbocycles. The fourth-order valence-electron chi connectivity index (χ4n) is 5.35. The Labute approximate surface area is 228 Å². The molecule has 1 aliphatic carbocycles. The minimum absolute atomic E-state index is 0.430. The average molecular weight is 515 g/mol. The van der Waals surface area contributed by atoms with Crippen LogP contribution >= 0.6 is 0 Å². The number of carbonyl (C=O) groups is 1. The number of amides is 1. The lowest BCUT2D eigenvalue weighted by Gasteiger charge is -2.37. The van der Waals surface area contributed by atoms with Crippen molar-refractivity contribution in [3.8, 4) is 0 Å². The number of aromatic nitrogens is 2. The van der Waals surface area contributed by atoms with Crippen LogP contribution in [-0.4, -0.2) is 21.7 Å². The van der Waals surface area contributed by atoms with Crippen LogP contribution in [0.15, 0.2) is 128 Å². The highest BCUT2D eigenvalue weighted by atomic mass is 16.6. The van der Waals surface area contributed by atoms with Crippen molar-refractivity contribution in [2.45, 2.75) is 30.5 Å². The first-order valence-electron chi connectivity index (χ1n) is 13.2. The minimum atomic E-state index is -0.851. The Hall–Kier alpha value is -4.84. The monoisotopic (exact) mass is 514 g/mol. The van der Waals surface area contributed by atoms with E-state index in [1.54, 1.807) is 0 Å². The number of imidazole rings is 1. The van der Waals surface area contributed by atoms with E-state index in [4.69, 9.17) is 15.5 Å². The molecular weight excluding hydrogens is 484 g/mol. The van der Waals surface area contributed by atoms with Gasteiger partial charge in [-0.05, 0) is 35.6 Å². The van der Waals surface area contributed by atoms with E-state index in [2.05, 4.69) is 46.3 Å². The quantitative estimate of drug-likeness (QED) is 0.221. The summed E-state index contributed by atoms with van der Waals surface area (Å²) in [5, 5.41) is 3.56. The van der Waals surface area contributed by atoms with E-state index in [9.17, 15) is 4.79 Å². The van der Waals surface area contributed by atoms with Crippen molar-refractivity contribution in [2.24, 2.45) is 5.73 Å². The van der Waals surface area contributed by atoms with E-state index < -0.39 is 17.7 Å². The SMILES string of the molecule is NC(=O)OC(c1cn(C(c2ccccc2)(c2ccccc2)c2ccccc2)cn1)c1ccccc1NC1CC1. The van der Waals surface area contributed by atoms with Crippen molar-refractivity contribution in [2.75, 3.05) is 5.32 Å². The predicted octanol–water partition coefficient (Wildman–Crippen LogP) is 6.48. The maximum absolute atomic E-state index is 12.1. The molecule has 1 atom stereocenters. The molecule has 0 bridgehead atoms. The molecule has 6 heteroatoms. The van der Waals surface area contributed by atoms with Gasteiger partial charge in [0.25, 0.3) is 0 Å². The lowest BCUT2D eigenvalue weighted by atomic mass is 9.77. The van der Waals surface area contributed by atoms with E-state index in [-0.39, 0.29) is 0 Å². The maximum Gasteiger partial charge on any atom is 0.405 e. The van der Waals surface area contributed by atoms with E-state index >= 15 is 0 Å². The molecule has 1 unspecified atom stereocenters. The molecule has 0 aliphatic heterocycles. The molecule has 3 N–H and O–H groups in total. The number of hydrogen-bond donors (Lipinski definition) is 2. The van der Waals surface area contributed by atoms with Gasteiger partial charge in [0.05, 0.1) is 6.33 Å². The summed E-state index contributed by atoms with van der Waals surface area (Å²) in [6, 6.07) is 39.4. The van der Waals surface area contributed by atoms with Crippen LogP contribution < -0.4 is 11.1 Å². The van der Waals surface area contributed by atoms with Crippen LogP contribution in [0.4, 0.5) is 10.5 Å². The average Bonchev–Trinajstić information content (AvgIpc) is 3.67. The third-order valence-electron chi connectivity index (χ3n) is 7.25. The Morgan fingerprint density at radius 2 is 1.33 bits per heavy atom. The third kappa shape index (κ3) is 4.77. The topological polar surface area (TPSA) is 82.2 Å². The number of nitrogens with two attached hydrogens (primary N) is 1. The second-order valence-electron chi connectivity index (χ2n) is 9.84. The molecule has 1 aromatic heterocycles. The lowest BCUT2D eigenvalue weighted by molar-refractivity contribution is 0.125. The number of benzene rings is 4. The van der Waals surface area contributed by atoms with Gasteiger partial charge in [0, 0.05) is 23.5 Å². The van der Waals surface area contributed by atoms with E-state index in [1.807, 2.05) is 91.4 Å². The van der Waals surface area contributed by atoms with Gasteiger partial charge in [-0.2, -0.15) is 0 Å². The van der Waals surface area contributed by atoms with Gasteiger partial charge in [-0.15, -0.1) is 0 Å². The van der Waals surface area contributed by atoms with Crippen LogP contribution in [0.1, 0.15) is 46.9 Å². The van der Waals surface area contributed by atoms with Gasteiger partial charge < -0.3 is 20.4 Å². The zero-order chi connectivity index (χ0) is 26.7. The van der Waals surface area contributed by atoms with Crippen molar-refractivity contribution in [1.82, 2.24) is 9.55 Å². The number of rotatable bonds is 9. The molecule has 1 heterocycles. The molecule has 0 saturated heterocycles. The zero-order valence-corrected chi connectivity index (χ0v) is 21.5. The summed E-state index contributed by atoms with van der Waals surface area (Å²) in [5.41, 5.74) is 10.4. The fraction of sp³-hybridized carbons (Fsp3) is 0.152. The van der Waals surface area contributed by atoms with Crippen LogP contribution in [0.25, 0.3) is 0 Å². The predicted molar refractivity (Wildman–Crippen MR) is 152 cm³/mol.